The molecule has 2 aromatic rings. The number of oxazole rings is 1. The Morgan fingerprint density at radius 2 is 2.18 bits per heavy atom. The van der Waals surface area contributed by atoms with Crippen LogP contribution in [0.4, 0.5) is 0 Å². The first-order valence-electron chi connectivity index (χ1n) is 7.36. The molecule has 1 fully saturated rings. The molecule has 0 bridgehead atoms. The van der Waals surface area contributed by atoms with Gasteiger partial charge in [0, 0.05) is 42.6 Å². The van der Waals surface area contributed by atoms with Crippen LogP contribution in [-0.2, 0) is 11.2 Å². The third-order valence-electron chi connectivity index (χ3n) is 3.81. The van der Waals surface area contributed by atoms with Gasteiger partial charge in [-0.15, -0.1) is 0 Å². The van der Waals surface area contributed by atoms with Gasteiger partial charge in [-0.25, -0.2) is 4.98 Å². The molecule has 2 heterocycles. The van der Waals surface area contributed by atoms with E-state index in [1.807, 2.05) is 17.0 Å². The Labute approximate surface area is 134 Å². The molecule has 0 radical (unpaired) electrons. The summed E-state index contributed by atoms with van der Waals surface area (Å²) in [5.74, 6) is 1.36. The van der Waals surface area contributed by atoms with E-state index in [0.717, 1.165) is 18.5 Å². The maximum atomic E-state index is 12.1. The molecule has 0 spiro atoms. The Kier molecular flexibility index (Phi) is 4.45. The molecule has 22 heavy (non-hydrogen) atoms. The molecule has 2 N–H and O–H groups in total. The van der Waals surface area contributed by atoms with Crippen molar-refractivity contribution in [2.45, 2.75) is 25.3 Å². The fourth-order valence-corrected chi connectivity index (χ4v) is 2.69. The summed E-state index contributed by atoms with van der Waals surface area (Å²) >= 11 is 5.86. The van der Waals surface area contributed by atoms with Crippen molar-refractivity contribution >= 4 is 17.5 Å². The topological polar surface area (TPSA) is 72.4 Å². The van der Waals surface area contributed by atoms with Crippen LogP contribution in [0.2, 0.25) is 5.02 Å². The van der Waals surface area contributed by atoms with Crippen molar-refractivity contribution in [3.63, 3.8) is 0 Å². The van der Waals surface area contributed by atoms with Crippen LogP contribution in [0.1, 0.15) is 18.7 Å². The minimum atomic E-state index is 0.110. The van der Waals surface area contributed by atoms with Crippen LogP contribution < -0.4 is 5.73 Å². The van der Waals surface area contributed by atoms with Crippen LogP contribution >= 0.6 is 11.6 Å². The second-order valence-electron chi connectivity index (χ2n) is 5.51. The highest BCUT2D eigenvalue weighted by molar-refractivity contribution is 6.30. The largest absolute Gasteiger partial charge is 0.441 e. The van der Waals surface area contributed by atoms with Crippen LogP contribution in [0.5, 0.6) is 0 Å². The highest BCUT2D eigenvalue weighted by Crippen LogP contribution is 2.23. The average Bonchev–Trinajstić information content (AvgIpc) is 3.15. The van der Waals surface area contributed by atoms with Crippen molar-refractivity contribution in [1.82, 2.24) is 9.88 Å². The first-order valence-corrected chi connectivity index (χ1v) is 7.73. The van der Waals surface area contributed by atoms with Crippen molar-refractivity contribution < 1.29 is 9.21 Å². The molecule has 1 aliphatic heterocycles. The Bertz CT molecular complexity index is 654. The molecule has 116 valence electrons. The number of benzene rings is 1. The Hall–Kier alpha value is -1.85. The number of rotatable bonds is 4. The van der Waals surface area contributed by atoms with Crippen LogP contribution in [0, 0.1) is 0 Å². The van der Waals surface area contributed by atoms with Gasteiger partial charge in [0.15, 0.2) is 11.7 Å². The number of amides is 1. The van der Waals surface area contributed by atoms with Crippen molar-refractivity contribution in [2.75, 3.05) is 13.1 Å². The highest BCUT2D eigenvalue weighted by Gasteiger charge is 2.23. The number of aryl methyl sites for hydroxylation is 1. The number of nitrogens with zero attached hydrogens (tertiary/aromatic N) is 2. The number of carbonyl (C=O) groups excluding carboxylic acids is 1. The average molecular weight is 320 g/mol. The van der Waals surface area contributed by atoms with E-state index in [1.165, 1.54) is 0 Å². The number of hydrogen-bond acceptors (Lipinski definition) is 4. The normalized spacial score (nSPS) is 17.9. The van der Waals surface area contributed by atoms with Gasteiger partial charge >= 0.3 is 0 Å². The lowest BCUT2D eigenvalue weighted by Crippen LogP contribution is -2.31. The second kappa shape index (κ2) is 6.50. The van der Waals surface area contributed by atoms with E-state index in [1.54, 1.807) is 18.3 Å². The van der Waals surface area contributed by atoms with Crippen LogP contribution in [0.25, 0.3) is 11.3 Å². The SMILES string of the molecule is N[C@@H]1CCN(C(=O)CCc2ncc(-c3ccc(Cl)cc3)o2)C1. The third kappa shape index (κ3) is 3.48. The van der Waals surface area contributed by atoms with E-state index in [2.05, 4.69) is 4.98 Å². The summed E-state index contributed by atoms with van der Waals surface area (Å²) < 4.78 is 5.69. The monoisotopic (exact) mass is 319 g/mol. The zero-order valence-corrected chi connectivity index (χ0v) is 12.9. The number of nitrogens with two attached hydrogens (primary N) is 1. The highest BCUT2D eigenvalue weighted by atomic mass is 35.5. The second-order valence-corrected chi connectivity index (χ2v) is 5.95. The van der Waals surface area contributed by atoms with Gasteiger partial charge in [0.2, 0.25) is 5.91 Å². The Balaban J connectivity index is 1.58. The summed E-state index contributed by atoms with van der Waals surface area (Å²) in [6.45, 7) is 1.40. The zero-order valence-electron chi connectivity index (χ0n) is 12.2. The standard InChI is InChI=1S/C16H18ClN3O2/c17-12-3-1-11(2-4-12)14-9-19-15(22-14)5-6-16(21)20-8-7-13(18)10-20/h1-4,9,13H,5-8,10,18H2/t13-/m1/s1. The smallest absolute Gasteiger partial charge is 0.223 e. The summed E-state index contributed by atoms with van der Waals surface area (Å²) in [6.07, 6.45) is 3.45. The number of halogens is 1. The lowest BCUT2D eigenvalue weighted by molar-refractivity contribution is -0.130. The summed E-state index contributed by atoms with van der Waals surface area (Å²) in [7, 11) is 0. The molecule has 3 rings (SSSR count). The first kappa shape index (κ1) is 15.1. The Morgan fingerprint density at radius 3 is 2.86 bits per heavy atom. The third-order valence-corrected chi connectivity index (χ3v) is 4.06. The van der Waals surface area contributed by atoms with E-state index >= 15 is 0 Å². The molecule has 1 aromatic heterocycles. The molecule has 1 aromatic carbocycles. The zero-order chi connectivity index (χ0) is 15.5. The van der Waals surface area contributed by atoms with E-state index in [0.29, 0.717) is 36.1 Å². The van der Waals surface area contributed by atoms with Crippen molar-refractivity contribution in [1.29, 1.82) is 0 Å². The summed E-state index contributed by atoms with van der Waals surface area (Å²) in [4.78, 5) is 18.1. The van der Waals surface area contributed by atoms with Crippen molar-refractivity contribution in [2.24, 2.45) is 5.73 Å². The van der Waals surface area contributed by atoms with Gasteiger partial charge < -0.3 is 15.1 Å². The summed E-state index contributed by atoms with van der Waals surface area (Å²) in [5, 5.41) is 0.679. The molecule has 1 atom stereocenters. The molecule has 0 saturated carbocycles. The fraction of sp³-hybridized carbons (Fsp3) is 0.375. The fourth-order valence-electron chi connectivity index (χ4n) is 2.56. The van der Waals surface area contributed by atoms with Gasteiger partial charge in [0.25, 0.3) is 0 Å². The van der Waals surface area contributed by atoms with Crippen molar-refractivity contribution in [3.05, 3.63) is 41.4 Å². The summed E-state index contributed by atoms with van der Waals surface area (Å²) in [6, 6.07) is 7.48. The van der Waals surface area contributed by atoms with Crippen molar-refractivity contribution in [3.8, 4) is 11.3 Å². The van der Waals surface area contributed by atoms with Gasteiger partial charge in [-0.1, -0.05) is 11.6 Å². The predicted molar refractivity (Wildman–Crippen MR) is 84.4 cm³/mol. The maximum Gasteiger partial charge on any atom is 0.223 e. The molecule has 1 aliphatic rings. The van der Waals surface area contributed by atoms with Crippen LogP contribution in [0.15, 0.2) is 34.9 Å². The molecule has 6 heteroatoms. The number of hydrogen-bond donors (Lipinski definition) is 1. The molecule has 1 saturated heterocycles. The van der Waals surface area contributed by atoms with E-state index in [-0.39, 0.29) is 11.9 Å². The molecular weight excluding hydrogens is 302 g/mol. The Morgan fingerprint density at radius 1 is 1.41 bits per heavy atom. The predicted octanol–water partition coefficient (Wildman–Crippen LogP) is 2.49. The maximum absolute atomic E-state index is 12.1. The lowest BCUT2D eigenvalue weighted by Gasteiger charge is -2.14. The van der Waals surface area contributed by atoms with Gasteiger partial charge in [-0.05, 0) is 30.7 Å². The molecule has 0 aliphatic carbocycles. The molecule has 1 amide bonds. The van der Waals surface area contributed by atoms with E-state index in [4.69, 9.17) is 21.8 Å². The van der Waals surface area contributed by atoms with Crippen LogP contribution in [0.3, 0.4) is 0 Å². The molecular formula is C16H18ClN3O2. The van der Waals surface area contributed by atoms with E-state index in [9.17, 15) is 4.79 Å². The quantitative estimate of drug-likeness (QED) is 0.939. The number of likely N-dealkylation sites (tertiary alicyclic amines) is 1. The van der Waals surface area contributed by atoms with Gasteiger partial charge in [-0.2, -0.15) is 0 Å². The number of aromatic nitrogens is 1. The van der Waals surface area contributed by atoms with Gasteiger partial charge in [-0.3, -0.25) is 4.79 Å². The molecule has 5 nitrogen and oxygen atoms in total. The minimum absolute atomic E-state index is 0.110. The van der Waals surface area contributed by atoms with E-state index < -0.39 is 0 Å². The number of carbonyl (C=O) groups is 1. The lowest BCUT2D eigenvalue weighted by atomic mass is 10.2. The van der Waals surface area contributed by atoms with Gasteiger partial charge in [0.1, 0.15) is 0 Å². The van der Waals surface area contributed by atoms with Crippen LogP contribution in [-0.4, -0.2) is 34.9 Å². The minimum Gasteiger partial charge on any atom is -0.441 e. The summed E-state index contributed by atoms with van der Waals surface area (Å²) in [5.41, 5.74) is 6.73. The first-order chi connectivity index (χ1) is 10.6. The molecule has 0 unspecified atom stereocenters. The van der Waals surface area contributed by atoms with Gasteiger partial charge in [0.05, 0.1) is 6.20 Å².